The van der Waals surface area contributed by atoms with Crippen LogP contribution in [0, 0.1) is 34.0 Å². The van der Waals surface area contributed by atoms with E-state index in [0.29, 0.717) is 17.8 Å². The van der Waals surface area contributed by atoms with Crippen LogP contribution in [0.2, 0.25) is 0 Å². The van der Waals surface area contributed by atoms with E-state index in [-0.39, 0.29) is 22.3 Å². The van der Waals surface area contributed by atoms with Gasteiger partial charge < -0.3 is 10.2 Å². The normalized spacial score (nSPS) is 67.6. The standard InChI is InChI=1S/C20H27NO2/c1-11-12-8-13-15-19-6-3-5-17(2,10-21-15)14(19)4-7-18(13,16(11)22)20(19,23)9-12/h10,12-16,22-23H,1,3-9H2,2H3/t12?,13?,14?,15?,16-,17?,18?,19?,20+/m1/s1. The van der Waals surface area contributed by atoms with Crippen LogP contribution in [-0.2, 0) is 0 Å². The molecule has 0 amide bonds. The third-order valence-corrected chi connectivity index (χ3v) is 9.65. The van der Waals surface area contributed by atoms with Crippen molar-refractivity contribution in [1.82, 2.24) is 0 Å². The van der Waals surface area contributed by atoms with E-state index < -0.39 is 11.7 Å². The van der Waals surface area contributed by atoms with Crippen molar-refractivity contribution in [1.29, 1.82) is 0 Å². The lowest BCUT2D eigenvalue weighted by Crippen LogP contribution is -2.73. The fourth-order valence-electron chi connectivity index (χ4n) is 9.05. The van der Waals surface area contributed by atoms with Crippen molar-refractivity contribution < 1.29 is 10.2 Å². The van der Waals surface area contributed by atoms with Crippen LogP contribution >= 0.6 is 0 Å². The molecule has 9 atom stereocenters. The van der Waals surface area contributed by atoms with Crippen LogP contribution in [0.1, 0.15) is 51.9 Å². The lowest BCUT2D eigenvalue weighted by molar-refractivity contribution is -0.272. The summed E-state index contributed by atoms with van der Waals surface area (Å²) >= 11 is 0. The summed E-state index contributed by atoms with van der Waals surface area (Å²) in [5.41, 5.74) is 0.00184. The lowest BCUT2D eigenvalue weighted by Gasteiger charge is -2.69. The highest BCUT2D eigenvalue weighted by Crippen LogP contribution is 2.83. The first kappa shape index (κ1) is 13.6. The highest BCUT2D eigenvalue weighted by Gasteiger charge is 2.86. The number of aliphatic hydroxyl groups excluding tert-OH is 1. The van der Waals surface area contributed by atoms with Gasteiger partial charge in [0.2, 0.25) is 0 Å². The molecule has 7 unspecified atom stereocenters. The van der Waals surface area contributed by atoms with E-state index >= 15 is 0 Å². The van der Waals surface area contributed by atoms with Gasteiger partial charge >= 0.3 is 0 Å². The molecule has 7 aliphatic rings. The Bertz CT molecular complexity index is 673. The molecule has 2 spiro atoms. The number of fused-ring (bicyclic) bond motifs is 1. The molecule has 6 fully saturated rings. The average molecular weight is 313 g/mol. The molecule has 23 heavy (non-hydrogen) atoms. The Morgan fingerprint density at radius 1 is 1.26 bits per heavy atom. The Morgan fingerprint density at radius 2 is 2.09 bits per heavy atom. The molecular formula is C20H27NO2. The molecule has 6 saturated carbocycles. The molecule has 0 aromatic heterocycles. The smallest absolute Gasteiger partial charge is 0.0837 e. The molecule has 7 rings (SSSR count). The van der Waals surface area contributed by atoms with Gasteiger partial charge in [-0.2, -0.15) is 0 Å². The van der Waals surface area contributed by atoms with Gasteiger partial charge in [0.1, 0.15) is 0 Å². The van der Waals surface area contributed by atoms with Gasteiger partial charge in [0.05, 0.1) is 17.7 Å². The minimum Gasteiger partial charge on any atom is -0.388 e. The van der Waals surface area contributed by atoms with Gasteiger partial charge in [-0.1, -0.05) is 19.9 Å². The second-order valence-electron chi connectivity index (χ2n) is 9.84. The minimum atomic E-state index is -0.721. The van der Waals surface area contributed by atoms with Crippen molar-refractivity contribution in [3.05, 3.63) is 12.2 Å². The number of aliphatic imine (C=N–C) groups is 1. The van der Waals surface area contributed by atoms with E-state index in [4.69, 9.17) is 4.99 Å². The van der Waals surface area contributed by atoms with E-state index in [9.17, 15) is 10.2 Å². The highest BCUT2D eigenvalue weighted by atomic mass is 16.3. The Labute approximate surface area is 137 Å². The van der Waals surface area contributed by atoms with Crippen molar-refractivity contribution in [3.8, 4) is 0 Å². The van der Waals surface area contributed by atoms with E-state index in [1.807, 2.05) is 0 Å². The maximum Gasteiger partial charge on any atom is 0.0837 e. The highest BCUT2D eigenvalue weighted by molar-refractivity contribution is 5.69. The quantitative estimate of drug-likeness (QED) is 0.676. The molecule has 3 nitrogen and oxygen atoms in total. The van der Waals surface area contributed by atoms with Crippen LogP contribution < -0.4 is 0 Å². The topological polar surface area (TPSA) is 52.8 Å². The number of nitrogens with zero attached hydrogens (tertiary/aromatic N) is 1. The Morgan fingerprint density at radius 3 is 2.91 bits per heavy atom. The fourth-order valence-corrected chi connectivity index (χ4v) is 9.05. The third kappa shape index (κ3) is 1.02. The molecule has 1 aliphatic heterocycles. The monoisotopic (exact) mass is 313 g/mol. The summed E-state index contributed by atoms with van der Waals surface area (Å²) in [6.45, 7) is 6.60. The molecule has 0 aromatic carbocycles. The van der Waals surface area contributed by atoms with E-state index in [1.54, 1.807) is 0 Å². The molecule has 6 aliphatic carbocycles. The third-order valence-electron chi connectivity index (χ3n) is 9.65. The maximum atomic E-state index is 12.2. The Kier molecular flexibility index (Phi) is 2.06. The SMILES string of the molecule is C=C1C2CC3C4N=CC5(C)CCCC46C5CCC3([C@@H]1O)[C@@]6(O)C2. The van der Waals surface area contributed by atoms with Crippen LogP contribution in [0.3, 0.4) is 0 Å². The Hall–Kier alpha value is -0.670. The van der Waals surface area contributed by atoms with Gasteiger partial charge in [-0.25, -0.2) is 0 Å². The van der Waals surface area contributed by atoms with Crippen LogP contribution in [0.25, 0.3) is 0 Å². The van der Waals surface area contributed by atoms with Gasteiger partial charge in [-0.3, -0.25) is 4.99 Å². The lowest BCUT2D eigenvalue weighted by atomic mass is 9.38. The minimum absolute atomic E-state index is 0.0753. The second kappa shape index (κ2) is 3.48. The molecule has 2 N–H and O–H groups in total. The van der Waals surface area contributed by atoms with Crippen molar-refractivity contribution in [3.63, 3.8) is 0 Å². The van der Waals surface area contributed by atoms with Gasteiger partial charge in [-0.15, -0.1) is 0 Å². The fraction of sp³-hybridized carbons (Fsp3) is 0.850. The largest absolute Gasteiger partial charge is 0.388 e. The zero-order valence-corrected chi connectivity index (χ0v) is 14.0. The van der Waals surface area contributed by atoms with Gasteiger partial charge in [-0.05, 0) is 61.9 Å². The average Bonchev–Trinajstić information content (AvgIpc) is 2.60. The van der Waals surface area contributed by atoms with Crippen LogP contribution in [0.15, 0.2) is 17.1 Å². The summed E-state index contributed by atoms with van der Waals surface area (Å²) in [5, 5.41) is 23.4. The number of hydrogen-bond acceptors (Lipinski definition) is 3. The summed E-state index contributed by atoms with van der Waals surface area (Å²) in [7, 11) is 0. The van der Waals surface area contributed by atoms with Crippen molar-refractivity contribution in [2.45, 2.75) is 69.6 Å². The molecule has 124 valence electrons. The summed E-state index contributed by atoms with van der Waals surface area (Å²) in [5.74, 6) is 1.20. The van der Waals surface area contributed by atoms with Gasteiger partial charge in [0, 0.05) is 22.5 Å². The second-order valence-corrected chi connectivity index (χ2v) is 9.84. The van der Waals surface area contributed by atoms with Crippen LogP contribution in [0.4, 0.5) is 0 Å². The zero-order valence-electron chi connectivity index (χ0n) is 14.0. The predicted molar refractivity (Wildman–Crippen MR) is 88.1 cm³/mol. The summed E-state index contributed by atoms with van der Waals surface area (Å²) in [6, 6.07) is 0.237. The van der Waals surface area contributed by atoms with E-state index in [0.717, 1.165) is 37.7 Å². The zero-order chi connectivity index (χ0) is 15.8. The first-order valence-electron chi connectivity index (χ1n) is 9.54. The Balaban J connectivity index is 1.68. The van der Waals surface area contributed by atoms with Crippen molar-refractivity contribution >= 4 is 6.21 Å². The van der Waals surface area contributed by atoms with Crippen LogP contribution in [0.5, 0.6) is 0 Å². The molecule has 0 aromatic rings. The molecular weight excluding hydrogens is 286 g/mol. The van der Waals surface area contributed by atoms with Crippen LogP contribution in [-0.4, -0.2) is 34.2 Å². The summed E-state index contributed by atoms with van der Waals surface area (Å²) in [6.07, 6.45) is 9.28. The number of rotatable bonds is 0. The van der Waals surface area contributed by atoms with Crippen molar-refractivity contribution in [2.24, 2.45) is 39.0 Å². The molecule has 1 heterocycles. The summed E-state index contributed by atoms with van der Waals surface area (Å²) in [4.78, 5) is 5.11. The molecule has 6 bridgehead atoms. The predicted octanol–water partition coefficient (Wildman–Crippen LogP) is 2.71. The first-order chi connectivity index (χ1) is 10.9. The number of aliphatic hydroxyl groups is 2. The van der Waals surface area contributed by atoms with Gasteiger partial charge in [0.25, 0.3) is 0 Å². The van der Waals surface area contributed by atoms with Crippen molar-refractivity contribution in [2.75, 3.05) is 0 Å². The van der Waals surface area contributed by atoms with E-state index in [2.05, 4.69) is 19.7 Å². The van der Waals surface area contributed by atoms with Gasteiger partial charge in [0.15, 0.2) is 0 Å². The molecule has 0 radical (unpaired) electrons. The number of hydrogen-bond donors (Lipinski definition) is 2. The van der Waals surface area contributed by atoms with E-state index in [1.165, 1.54) is 12.8 Å². The summed E-state index contributed by atoms with van der Waals surface area (Å²) < 4.78 is 0. The molecule has 0 saturated heterocycles. The first-order valence-corrected chi connectivity index (χ1v) is 9.54. The maximum absolute atomic E-state index is 12.2. The molecule has 3 heteroatoms.